The van der Waals surface area contributed by atoms with Crippen molar-refractivity contribution in [2.24, 2.45) is 0 Å². The largest absolute Gasteiger partial charge is 0.481 e. The van der Waals surface area contributed by atoms with Crippen LogP contribution in [0.25, 0.3) is 0 Å². The fourth-order valence-corrected chi connectivity index (χ4v) is 2.89. The lowest BCUT2D eigenvalue weighted by molar-refractivity contribution is -0.115. The van der Waals surface area contributed by atoms with E-state index >= 15 is 0 Å². The van der Waals surface area contributed by atoms with Crippen LogP contribution in [0.4, 0.5) is 17.3 Å². The average molecular weight is 408 g/mol. The van der Waals surface area contributed by atoms with Crippen LogP contribution in [-0.4, -0.2) is 55.8 Å². The van der Waals surface area contributed by atoms with Crippen LogP contribution in [0.2, 0.25) is 0 Å². The van der Waals surface area contributed by atoms with Crippen molar-refractivity contribution >= 4 is 39.0 Å². The van der Waals surface area contributed by atoms with E-state index in [2.05, 4.69) is 31.1 Å². The molecule has 12 heteroatoms. The van der Waals surface area contributed by atoms with Crippen molar-refractivity contribution in [3.8, 4) is 5.88 Å². The number of aromatic nitrogens is 3. The van der Waals surface area contributed by atoms with E-state index in [0.717, 1.165) is 6.26 Å². The summed E-state index contributed by atoms with van der Waals surface area (Å²) in [5, 5.41) is 15.3. The van der Waals surface area contributed by atoms with E-state index in [0.29, 0.717) is 0 Å². The van der Waals surface area contributed by atoms with Crippen molar-refractivity contribution in [3.63, 3.8) is 0 Å². The van der Waals surface area contributed by atoms with Crippen LogP contribution in [0.1, 0.15) is 23.8 Å². The van der Waals surface area contributed by atoms with Gasteiger partial charge in [-0.25, -0.2) is 8.42 Å². The number of anilines is 3. The molecule has 28 heavy (non-hydrogen) atoms. The van der Waals surface area contributed by atoms with Crippen molar-refractivity contribution in [1.82, 2.24) is 20.5 Å². The number of rotatable bonds is 7. The van der Waals surface area contributed by atoms with Crippen molar-refractivity contribution in [2.75, 3.05) is 31.0 Å². The zero-order valence-electron chi connectivity index (χ0n) is 15.7. The molecule has 0 saturated heterocycles. The zero-order valence-corrected chi connectivity index (χ0v) is 16.5. The van der Waals surface area contributed by atoms with Gasteiger partial charge in [0.15, 0.2) is 27.2 Å². The van der Waals surface area contributed by atoms with E-state index < -0.39 is 15.7 Å². The van der Waals surface area contributed by atoms with Crippen LogP contribution in [0, 0.1) is 0 Å². The van der Waals surface area contributed by atoms with Crippen LogP contribution in [0.3, 0.4) is 0 Å². The van der Waals surface area contributed by atoms with Crippen LogP contribution in [-0.2, 0) is 14.6 Å². The molecule has 2 amide bonds. The molecule has 150 valence electrons. The summed E-state index contributed by atoms with van der Waals surface area (Å²) in [7, 11) is -0.845. The predicted molar refractivity (Wildman–Crippen MR) is 102 cm³/mol. The fraction of sp³-hybridized carbons (Fsp3) is 0.312. The highest BCUT2D eigenvalue weighted by atomic mass is 32.2. The van der Waals surface area contributed by atoms with Gasteiger partial charge in [0.1, 0.15) is 4.90 Å². The summed E-state index contributed by atoms with van der Waals surface area (Å²) in [4.78, 5) is 27.7. The van der Waals surface area contributed by atoms with Gasteiger partial charge in [-0.3, -0.25) is 9.59 Å². The lowest BCUT2D eigenvalue weighted by atomic mass is 10.3. The summed E-state index contributed by atoms with van der Waals surface area (Å²) >= 11 is 0. The van der Waals surface area contributed by atoms with Crippen molar-refractivity contribution < 1.29 is 22.7 Å². The molecule has 2 rings (SSSR count). The second-order valence-electron chi connectivity index (χ2n) is 5.57. The number of nitrogens with one attached hydrogen (secondary N) is 3. The molecule has 0 atom stereocenters. The monoisotopic (exact) mass is 408 g/mol. The first-order chi connectivity index (χ1) is 13.2. The minimum atomic E-state index is -3.64. The molecule has 0 radical (unpaired) electrons. The number of hydrogen-bond donors (Lipinski definition) is 3. The summed E-state index contributed by atoms with van der Waals surface area (Å²) in [6.45, 7) is 1.67. The van der Waals surface area contributed by atoms with E-state index in [9.17, 15) is 18.0 Å². The Kier molecular flexibility index (Phi) is 6.46. The molecule has 3 N–H and O–H groups in total. The second kappa shape index (κ2) is 8.61. The lowest BCUT2D eigenvalue weighted by Gasteiger charge is -2.14. The molecule has 0 saturated carbocycles. The normalized spacial score (nSPS) is 10.9. The highest BCUT2D eigenvalue weighted by Crippen LogP contribution is 2.28. The predicted octanol–water partition coefficient (Wildman–Crippen LogP) is 0.735. The van der Waals surface area contributed by atoms with Gasteiger partial charge < -0.3 is 20.7 Å². The molecule has 0 spiro atoms. The summed E-state index contributed by atoms with van der Waals surface area (Å²) in [6, 6.07) is 4.09. The van der Waals surface area contributed by atoms with Crippen LogP contribution in [0.5, 0.6) is 5.88 Å². The third kappa shape index (κ3) is 4.91. The summed E-state index contributed by atoms with van der Waals surface area (Å²) < 4.78 is 29.2. The standard InChI is InChI=1S/C16H20N6O5S/c1-5-12(23)19-11-8-9(14(22-21-11)16(24)17-2)18-15-10(28(4,25)26)6-7-13(20-15)27-3/h6-8H,5H2,1-4H3,(H,17,24)(H2,18,19,20,21,23). The Balaban J connectivity index is 2.58. The van der Waals surface area contributed by atoms with Gasteiger partial charge in [-0.05, 0) is 6.07 Å². The molecule has 0 fully saturated rings. The quantitative estimate of drug-likeness (QED) is 0.602. The zero-order chi connectivity index (χ0) is 20.9. The van der Waals surface area contributed by atoms with Crippen molar-refractivity contribution in [2.45, 2.75) is 18.2 Å². The van der Waals surface area contributed by atoms with Gasteiger partial charge in [-0.2, -0.15) is 4.98 Å². The van der Waals surface area contributed by atoms with E-state index in [-0.39, 0.29) is 46.1 Å². The van der Waals surface area contributed by atoms with Crippen LogP contribution >= 0.6 is 0 Å². The van der Waals surface area contributed by atoms with E-state index in [1.165, 1.54) is 32.4 Å². The number of methoxy groups -OCH3 is 1. The molecule has 0 unspecified atom stereocenters. The summed E-state index contributed by atoms with van der Waals surface area (Å²) in [6.07, 6.45) is 1.25. The van der Waals surface area contributed by atoms with Gasteiger partial charge in [-0.15, -0.1) is 10.2 Å². The number of pyridine rings is 1. The van der Waals surface area contributed by atoms with Crippen molar-refractivity contribution in [3.05, 3.63) is 23.9 Å². The maximum absolute atomic E-state index is 12.1. The molecule has 2 heterocycles. The molecule has 0 bridgehead atoms. The van der Waals surface area contributed by atoms with Gasteiger partial charge in [0.05, 0.1) is 12.8 Å². The molecule has 0 aliphatic carbocycles. The Bertz CT molecular complexity index is 1010. The first kappa shape index (κ1) is 21.0. The topological polar surface area (TPSA) is 152 Å². The molecule has 0 aromatic carbocycles. The first-order valence-corrected chi connectivity index (χ1v) is 10.0. The van der Waals surface area contributed by atoms with E-state index in [4.69, 9.17) is 4.74 Å². The lowest BCUT2D eigenvalue weighted by Crippen LogP contribution is -2.22. The number of ether oxygens (including phenoxy) is 1. The Morgan fingerprint density at radius 1 is 1.21 bits per heavy atom. The Morgan fingerprint density at radius 3 is 2.50 bits per heavy atom. The number of carbonyl (C=O) groups excluding carboxylic acids is 2. The minimum absolute atomic E-state index is 0.0622. The molecular weight excluding hydrogens is 388 g/mol. The molecule has 0 aliphatic heterocycles. The number of hydrogen-bond acceptors (Lipinski definition) is 9. The molecule has 2 aromatic rings. The third-order valence-corrected chi connectivity index (χ3v) is 4.65. The van der Waals surface area contributed by atoms with Crippen LogP contribution in [0.15, 0.2) is 23.1 Å². The van der Waals surface area contributed by atoms with Gasteiger partial charge in [0, 0.05) is 31.9 Å². The maximum atomic E-state index is 12.1. The van der Waals surface area contributed by atoms with Crippen LogP contribution < -0.4 is 20.7 Å². The molecule has 2 aromatic heterocycles. The Hall–Kier alpha value is -3.28. The number of nitrogens with zero attached hydrogens (tertiary/aromatic N) is 3. The maximum Gasteiger partial charge on any atom is 0.273 e. The van der Waals surface area contributed by atoms with Crippen molar-refractivity contribution in [1.29, 1.82) is 0 Å². The molecular formula is C16H20N6O5S. The minimum Gasteiger partial charge on any atom is -0.481 e. The molecule has 11 nitrogen and oxygen atoms in total. The van der Waals surface area contributed by atoms with Gasteiger partial charge in [-0.1, -0.05) is 6.92 Å². The number of carbonyl (C=O) groups is 2. The summed E-state index contributed by atoms with van der Waals surface area (Å²) in [5.74, 6) is -0.673. The van der Waals surface area contributed by atoms with Gasteiger partial charge in [0.2, 0.25) is 11.8 Å². The summed E-state index contributed by atoms with van der Waals surface area (Å²) in [5.41, 5.74) is -0.00697. The highest BCUT2D eigenvalue weighted by molar-refractivity contribution is 7.90. The SMILES string of the molecule is CCC(=O)Nc1cc(Nc2nc(OC)ccc2S(C)(=O)=O)c(C(=O)NC)nn1. The van der Waals surface area contributed by atoms with Gasteiger partial charge >= 0.3 is 0 Å². The third-order valence-electron chi connectivity index (χ3n) is 3.52. The van der Waals surface area contributed by atoms with E-state index in [1.54, 1.807) is 6.92 Å². The average Bonchev–Trinajstić information content (AvgIpc) is 2.66. The molecule has 0 aliphatic rings. The first-order valence-electron chi connectivity index (χ1n) is 8.11. The number of amides is 2. The smallest absolute Gasteiger partial charge is 0.273 e. The highest BCUT2D eigenvalue weighted by Gasteiger charge is 2.20. The number of sulfone groups is 1. The van der Waals surface area contributed by atoms with E-state index in [1.807, 2.05) is 0 Å². The Morgan fingerprint density at radius 2 is 1.93 bits per heavy atom. The second-order valence-corrected chi connectivity index (χ2v) is 7.55. The fourth-order valence-electron chi connectivity index (χ4n) is 2.12. The Labute approximate surface area is 161 Å². The van der Waals surface area contributed by atoms with Gasteiger partial charge in [0.25, 0.3) is 5.91 Å².